The van der Waals surface area contributed by atoms with Gasteiger partial charge < -0.3 is 30.6 Å². The number of nitrogens with two attached hydrogens (primary N) is 1. The van der Waals surface area contributed by atoms with Gasteiger partial charge in [0, 0.05) is 30.8 Å². The van der Waals surface area contributed by atoms with Gasteiger partial charge in [-0.05, 0) is 74.6 Å². The number of hydrogen-bond acceptors (Lipinski definition) is 7. The maximum Gasteiger partial charge on any atom is 0.250 e. The monoisotopic (exact) mass is 754 g/mol. The lowest BCUT2D eigenvalue weighted by atomic mass is 9.88. The number of carbonyl (C=O) groups excluding carboxylic acids is 4. The average Bonchev–Trinajstić information content (AvgIpc) is 3.56. The molecule has 1 unspecified atom stereocenters. The number of likely N-dealkylation sites (tertiary alicyclic amines) is 1. The van der Waals surface area contributed by atoms with Crippen molar-refractivity contribution in [3.63, 3.8) is 0 Å². The van der Waals surface area contributed by atoms with E-state index < -0.39 is 35.3 Å². The van der Waals surface area contributed by atoms with Gasteiger partial charge in [-0.3, -0.25) is 19.2 Å². The molecule has 14 heteroatoms. The van der Waals surface area contributed by atoms with Gasteiger partial charge >= 0.3 is 0 Å². The summed E-state index contributed by atoms with van der Waals surface area (Å²) in [6.45, 7) is 5.87. The number of imidazole rings is 1. The van der Waals surface area contributed by atoms with Crippen molar-refractivity contribution in [1.82, 2.24) is 19.8 Å². The highest BCUT2D eigenvalue weighted by Crippen LogP contribution is 2.29. The first-order chi connectivity index (χ1) is 23.9. The molecule has 0 saturated carbocycles. The van der Waals surface area contributed by atoms with Gasteiger partial charge in [0.2, 0.25) is 11.8 Å². The number of Topliss-reactive ketones (excluding diaryl/α,β-unsaturated/α-hetero) is 1. The summed E-state index contributed by atoms with van der Waals surface area (Å²) >= 11 is 0. The molecule has 5 rings (SSSR count). The fraction of sp³-hybridized carbons (Fsp3) is 0.342. The minimum Gasteiger partial charge on any atom is -0.374 e. The highest BCUT2D eigenvalue weighted by Gasteiger charge is 2.34. The molecular weight excluding hydrogens is 710 g/mol. The maximum absolute atomic E-state index is 14.2. The van der Waals surface area contributed by atoms with Crippen molar-refractivity contribution in [2.75, 3.05) is 25.0 Å². The molecule has 1 aliphatic rings. The van der Waals surface area contributed by atoms with Gasteiger partial charge in [-0.25, -0.2) is 9.37 Å². The van der Waals surface area contributed by atoms with Crippen molar-refractivity contribution >= 4 is 54.1 Å². The summed E-state index contributed by atoms with van der Waals surface area (Å²) in [4.78, 5) is 59.6. The number of nitrogens with zero attached hydrogens (tertiary/aromatic N) is 3. The first-order valence-electron chi connectivity index (χ1n) is 16.6. The quantitative estimate of drug-likeness (QED) is 0.158. The Morgan fingerprint density at radius 2 is 1.60 bits per heavy atom. The number of aryl methyl sites for hydroxylation is 1. The molecule has 0 bridgehead atoms. The van der Waals surface area contributed by atoms with E-state index in [1.807, 2.05) is 61.5 Å². The SMILES string of the molecule is Cc1ccccc1C(C(=O)N1CCC(C(=O)c2ccc(F)cc2)CC1)n1cnc(NC(=O)[C@@H](COCc2ccccc2)NC(=O)C(C)(C)N)c1.Cl.Cl. The topological polar surface area (TPSA) is 149 Å². The van der Waals surface area contributed by atoms with Gasteiger partial charge in [-0.1, -0.05) is 54.6 Å². The van der Waals surface area contributed by atoms with Crippen LogP contribution in [-0.4, -0.2) is 69.2 Å². The number of benzene rings is 3. The molecule has 1 aliphatic heterocycles. The lowest BCUT2D eigenvalue weighted by Gasteiger charge is -2.34. The molecule has 2 atom stereocenters. The molecule has 0 aliphatic carbocycles. The van der Waals surface area contributed by atoms with Gasteiger partial charge in [0.15, 0.2) is 11.6 Å². The third-order valence-electron chi connectivity index (χ3n) is 8.78. The number of aromatic nitrogens is 2. The van der Waals surface area contributed by atoms with Crippen LogP contribution in [0.25, 0.3) is 0 Å². The zero-order valence-electron chi connectivity index (χ0n) is 29.3. The first kappa shape index (κ1) is 41.8. The summed E-state index contributed by atoms with van der Waals surface area (Å²) in [5, 5.41) is 5.43. The normalized spacial score (nSPS) is 14.3. The van der Waals surface area contributed by atoms with E-state index >= 15 is 0 Å². The Morgan fingerprint density at radius 3 is 2.23 bits per heavy atom. The second-order valence-corrected chi connectivity index (χ2v) is 13.2. The molecule has 278 valence electrons. The van der Waals surface area contributed by atoms with Gasteiger partial charge in [-0.2, -0.15) is 0 Å². The lowest BCUT2D eigenvalue weighted by molar-refractivity contribution is -0.134. The molecule has 0 radical (unpaired) electrons. The minimum atomic E-state index is -1.23. The molecule has 2 heterocycles. The summed E-state index contributed by atoms with van der Waals surface area (Å²) in [5.74, 6) is -1.82. The molecule has 52 heavy (non-hydrogen) atoms. The molecule has 3 aromatic carbocycles. The van der Waals surface area contributed by atoms with Crippen LogP contribution in [0.4, 0.5) is 10.2 Å². The predicted octanol–water partition coefficient (Wildman–Crippen LogP) is 5.26. The smallest absolute Gasteiger partial charge is 0.250 e. The number of ketones is 1. The second kappa shape index (κ2) is 18.7. The summed E-state index contributed by atoms with van der Waals surface area (Å²) in [6, 6.07) is 20.7. The number of ether oxygens (including phenoxy) is 1. The van der Waals surface area contributed by atoms with E-state index in [4.69, 9.17) is 10.5 Å². The molecule has 1 fully saturated rings. The molecule has 3 amide bonds. The number of carbonyl (C=O) groups is 4. The maximum atomic E-state index is 14.2. The van der Waals surface area contributed by atoms with E-state index in [2.05, 4.69) is 15.6 Å². The molecule has 11 nitrogen and oxygen atoms in total. The number of hydrogen-bond donors (Lipinski definition) is 3. The molecule has 0 spiro atoms. The van der Waals surface area contributed by atoms with E-state index in [9.17, 15) is 23.6 Å². The molecule has 1 aromatic heterocycles. The summed E-state index contributed by atoms with van der Waals surface area (Å²) in [6.07, 6.45) is 4.02. The van der Waals surface area contributed by atoms with Gasteiger partial charge in [0.25, 0.3) is 5.91 Å². The van der Waals surface area contributed by atoms with Gasteiger partial charge in [0.1, 0.15) is 17.9 Å². The van der Waals surface area contributed by atoms with Crippen LogP contribution in [0, 0.1) is 18.7 Å². The lowest BCUT2D eigenvalue weighted by Crippen LogP contribution is -2.56. The van der Waals surface area contributed by atoms with Crippen LogP contribution >= 0.6 is 24.8 Å². The van der Waals surface area contributed by atoms with Gasteiger partial charge in [0.05, 0.1) is 25.1 Å². The van der Waals surface area contributed by atoms with Crippen molar-refractivity contribution in [1.29, 1.82) is 0 Å². The summed E-state index contributed by atoms with van der Waals surface area (Å²) in [7, 11) is 0. The summed E-state index contributed by atoms with van der Waals surface area (Å²) in [5.41, 5.74) is 7.78. The van der Waals surface area contributed by atoms with Crippen LogP contribution in [-0.2, 0) is 25.7 Å². The fourth-order valence-electron chi connectivity index (χ4n) is 5.85. The Bertz CT molecular complexity index is 1810. The third-order valence-corrected chi connectivity index (χ3v) is 8.78. The average molecular weight is 756 g/mol. The molecule has 4 aromatic rings. The van der Waals surface area contributed by atoms with E-state index in [-0.39, 0.29) is 61.5 Å². The zero-order valence-corrected chi connectivity index (χ0v) is 30.9. The predicted molar refractivity (Wildman–Crippen MR) is 201 cm³/mol. The van der Waals surface area contributed by atoms with E-state index in [0.29, 0.717) is 31.5 Å². The zero-order chi connectivity index (χ0) is 35.8. The Labute approximate surface area is 315 Å². The van der Waals surface area contributed by atoms with Gasteiger partial charge in [-0.15, -0.1) is 24.8 Å². The number of anilines is 1. The summed E-state index contributed by atoms with van der Waals surface area (Å²) < 4.78 is 20.8. The van der Waals surface area contributed by atoms with Crippen LogP contribution in [0.2, 0.25) is 0 Å². The van der Waals surface area contributed by atoms with Crippen LogP contribution in [0.5, 0.6) is 0 Å². The van der Waals surface area contributed by atoms with E-state index in [1.54, 1.807) is 29.5 Å². The van der Waals surface area contributed by atoms with Crippen LogP contribution < -0.4 is 16.4 Å². The highest BCUT2D eigenvalue weighted by atomic mass is 35.5. The number of piperidine rings is 1. The number of rotatable bonds is 13. The van der Waals surface area contributed by atoms with Crippen molar-refractivity contribution in [2.45, 2.75) is 57.8 Å². The molecule has 4 N–H and O–H groups in total. The molecule has 1 saturated heterocycles. The fourth-order valence-corrected chi connectivity index (χ4v) is 5.85. The third kappa shape index (κ3) is 10.7. The van der Waals surface area contributed by atoms with Crippen molar-refractivity contribution in [3.8, 4) is 0 Å². The highest BCUT2D eigenvalue weighted by molar-refractivity contribution is 5.99. The Balaban J connectivity index is 0.00000364. The van der Waals surface area contributed by atoms with Crippen molar-refractivity contribution < 1.29 is 28.3 Å². The standard InChI is InChI=1S/C38H43FN6O5.2ClH/c1-25-9-7-8-12-30(25)33(36(48)44-19-17-28(18-20-44)34(46)27-13-15-29(39)16-14-27)45-21-32(41-24-45)43-35(47)31(42-37(49)38(2,3)40)23-50-22-26-10-5-4-6-11-26;;/h4-16,21,24,28,31,33H,17-20,22-23,40H2,1-3H3,(H,42,49)(H,43,47);2*1H/t31-,33?;;/m1../s1. The van der Waals surface area contributed by atoms with Crippen LogP contribution in [0.3, 0.4) is 0 Å². The number of nitrogens with one attached hydrogen (secondary N) is 2. The first-order valence-corrected chi connectivity index (χ1v) is 16.6. The van der Waals surface area contributed by atoms with Crippen LogP contribution in [0.1, 0.15) is 59.8 Å². The van der Waals surface area contributed by atoms with Crippen molar-refractivity contribution in [3.05, 3.63) is 119 Å². The number of amides is 3. The Hall–Kier alpha value is -4.62. The van der Waals surface area contributed by atoms with Crippen LogP contribution in [0.15, 0.2) is 91.4 Å². The minimum absolute atomic E-state index is 0. The Kier molecular flexibility index (Phi) is 15.1. The number of halogens is 3. The second-order valence-electron chi connectivity index (χ2n) is 13.2. The van der Waals surface area contributed by atoms with E-state index in [1.165, 1.54) is 30.6 Å². The largest absolute Gasteiger partial charge is 0.374 e. The molecular formula is C38H45Cl2FN6O5. The Morgan fingerprint density at radius 1 is 0.962 bits per heavy atom. The van der Waals surface area contributed by atoms with Crippen molar-refractivity contribution in [2.24, 2.45) is 11.7 Å². The van der Waals surface area contributed by atoms with E-state index in [0.717, 1.165) is 16.7 Å².